The van der Waals surface area contributed by atoms with Crippen LogP contribution in [-0.2, 0) is 9.53 Å². The molecule has 0 aliphatic carbocycles. The summed E-state index contributed by atoms with van der Waals surface area (Å²) >= 11 is 0. The number of rotatable bonds is 6. The minimum atomic E-state index is -0.480. The normalized spacial score (nSPS) is 12.7. The average molecular weight is 259 g/mol. The molecule has 0 aromatic carbocycles. The first-order chi connectivity index (χ1) is 8.20. The van der Waals surface area contributed by atoms with Crippen LogP contribution in [0, 0.1) is 0 Å². The van der Waals surface area contributed by atoms with Crippen molar-refractivity contribution in [2.75, 3.05) is 19.6 Å². The van der Waals surface area contributed by atoms with Gasteiger partial charge in [-0.3, -0.25) is 4.79 Å². The van der Waals surface area contributed by atoms with Crippen molar-refractivity contribution in [3.05, 3.63) is 0 Å². The van der Waals surface area contributed by atoms with Crippen molar-refractivity contribution >= 4 is 12.0 Å². The fourth-order valence-corrected chi connectivity index (χ4v) is 1.18. The zero-order valence-corrected chi connectivity index (χ0v) is 11.9. The minimum absolute atomic E-state index is 0.0451. The maximum atomic E-state index is 11.4. The highest BCUT2D eigenvalue weighted by molar-refractivity contribution is 5.72. The van der Waals surface area contributed by atoms with Crippen LogP contribution in [0.15, 0.2) is 0 Å². The first kappa shape index (κ1) is 16.7. The lowest BCUT2D eigenvalue weighted by molar-refractivity contribution is -0.118. The highest BCUT2D eigenvalue weighted by Crippen LogP contribution is 2.06. The van der Waals surface area contributed by atoms with E-state index in [0.29, 0.717) is 19.6 Å². The second kappa shape index (κ2) is 7.92. The summed E-state index contributed by atoms with van der Waals surface area (Å²) in [5.74, 6) is -0.0451. The standard InChI is InChI=1S/C12H25N3O3/c1-9(13-6-7-14-10(2)16)8-15-11(17)18-12(3,4)5/h9,13H,6-8H2,1-5H3,(H,14,16)(H,15,17). The van der Waals surface area contributed by atoms with Crippen molar-refractivity contribution in [2.45, 2.75) is 46.3 Å². The van der Waals surface area contributed by atoms with Crippen LogP contribution in [0.25, 0.3) is 0 Å². The summed E-state index contributed by atoms with van der Waals surface area (Å²) < 4.78 is 5.11. The predicted octanol–water partition coefficient (Wildman–Crippen LogP) is 0.625. The lowest BCUT2D eigenvalue weighted by atomic mass is 10.2. The van der Waals surface area contributed by atoms with Crippen LogP contribution in [0.1, 0.15) is 34.6 Å². The van der Waals surface area contributed by atoms with Gasteiger partial charge in [-0.25, -0.2) is 4.79 Å². The molecule has 0 heterocycles. The molecular weight excluding hydrogens is 234 g/mol. The molecule has 0 saturated heterocycles. The molecule has 0 spiro atoms. The maximum Gasteiger partial charge on any atom is 0.407 e. The molecule has 0 rings (SSSR count). The van der Waals surface area contributed by atoms with Crippen LogP contribution >= 0.6 is 0 Å². The zero-order chi connectivity index (χ0) is 14.2. The van der Waals surface area contributed by atoms with E-state index in [2.05, 4.69) is 16.0 Å². The molecule has 0 fully saturated rings. The Kier molecular flexibility index (Phi) is 7.35. The van der Waals surface area contributed by atoms with E-state index in [9.17, 15) is 9.59 Å². The number of carbonyl (C=O) groups excluding carboxylic acids is 2. The molecule has 1 unspecified atom stereocenters. The Labute approximate surface area is 109 Å². The van der Waals surface area contributed by atoms with Gasteiger partial charge in [0.15, 0.2) is 0 Å². The van der Waals surface area contributed by atoms with Gasteiger partial charge in [-0.05, 0) is 27.7 Å². The largest absolute Gasteiger partial charge is 0.444 e. The van der Waals surface area contributed by atoms with E-state index in [-0.39, 0.29) is 11.9 Å². The van der Waals surface area contributed by atoms with Gasteiger partial charge in [-0.2, -0.15) is 0 Å². The SMILES string of the molecule is CC(=O)NCCNC(C)CNC(=O)OC(C)(C)C. The number of carbonyl (C=O) groups is 2. The molecule has 6 heteroatoms. The van der Waals surface area contributed by atoms with Crippen LogP contribution < -0.4 is 16.0 Å². The van der Waals surface area contributed by atoms with Gasteiger partial charge in [-0.1, -0.05) is 0 Å². The quantitative estimate of drug-likeness (QED) is 0.611. The van der Waals surface area contributed by atoms with Gasteiger partial charge in [0, 0.05) is 32.6 Å². The number of ether oxygens (including phenoxy) is 1. The molecule has 2 amide bonds. The van der Waals surface area contributed by atoms with Gasteiger partial charge in [0.25, 0.3) is 0 Å². The zero-order valence-electron chi connectivity index (χ0n) is 11.9. The third-order valence-electron chi connectivity index (χ3n) is 1.94. The third-order valence-corrected chi connectivity index (χ3v) is 1.94. The van der Waals surface area contributed by atoms with Gasteiger partial charge in [0.05, 0.1) is 0 Å². The maximum absolute atomic E-state index is 11.4. The molecule has 6 nitrogen and oxygen atoms in total. The number of nitrogens with one attached hydrogen (secondary N) is 3. The Balaban J connectivity index is 3.61. The number of alkyl carbamates (subject to hydrolysis) is 1. The molecular formula is C12H25N3O3. The van der Waals surface area contributed by atoms with Gasteiger partial charge in [0.1, 0.15) is 5.60 Å². The minimum Gasteiger partial charge on any atom is -0.444 e. The molecule has 0 bridgehead atoms. The van der Waals surface area contributed by atoms with Crippen LogP contribution in [0.2, 0.25) is 0 Å². The van der Waals surface area contributed by atoms with Gasteiger partial charge < -0.3 is 20.7 Å². The first-order valence-electron chi connectivity index (χ1n) is 6.15. The van der Waals surface area contributed by atoms with Gasteiger partial charge >= 0.3 is 6.09 Å². The van der Waals surface area contributed by atoms with Crippen LogP contribution in [0.4, 0.5) is 4.79 Å². The Morgan fingerprint density at radius 3 is 2.28 bits per heavy atom. The van der Waals surface area contributed by atoms with Crippen molar-refractivity contribution in [2.24, 2.45) is 0 Å². The number of hydrogen-bond donors (Lipinski definition) is 3. The van der Waals surface area contributed by atoms with Crippen molar-refractivity contribution < 1.29 is 14.3 Å². The smallest absolute Gasteiger partial charge is 0.407 e. The van der Waals surface area contributed by atoms with E-state index in [1.807, 2.05) is 27.7 Å². The van der Waals surface area contributed by atoms with Crippen LogP contribution in [-0.4, -0.2) is 43.3 Å². The molecule has 1 atom stereocenters. The highest BCUT2D eigenvalue weighted by Gasteiger charge is 2.16. The number of amides is 2. The van der Waals surface area contributed by atoms with Crippen molar-refractivity contribution in [1.29, 1.82) is 0 Å². The van der Waals surface area contributed by atoms with Crippen LogP contribution in [0.3, 0.4) is 0 Å². The van der Waals surface area contributed by atoms with E-state index in [1.165, 1.54) is 6.92 Å². The van der Waals surface area contributed by atoms with E-state index in [1.54, 1.807) is 0 Å². The summed E-state index contributed by atoms with van der Waals surface area (Å²) in [4.78, 5) is 22.0. The Morgan fingerprint density at radius 1 is 1.17 bits per heavy atom. The fraction of sp³-hybridized carbons (Fsp3) is 0.833. The Hall–Kier alpha value is -1.30. The second-order valence-electron chi connectivity index (χ2n) is 5.22. The van der Waals surface area contributed by atoms with Crippen molar-refractivity contribution in [3.8, 4) is 0 Å². The van der Waals surface area contributed by atoms with Crippen LogP contribution in [0.5, 0.6) is 0 Å². The third kappa shape index (κ3) is 11.2. The molecule has 0 aromatic heterocycles. The molecule has 0 aromatic rings. The molecule has 0 aliphatic rings. The van der Waals surface area contributed by atoms with E-state index >= 15 is 0 Å². The average Bonchev–Trinajstić information content (AvgIpc) is 2.19. The van der Waals surface area contributed by atoms with Gasteiger partial charge in [0.2, 0.25) is 5.91 Å². The lowest BCUT2D eigenvalue weighted by Crippen LogP contribution is -2.43. The molecule has 0 saturated carbocycles. The molecule has 0 aliphatic heterocycles. The fourth-order valence-electron chi connectivity index (χ4n) is 1.18. The highest BCUT2D eigenvalue weighted by atomic mass is 16.6. The molecule has 18 heavy (non-hydrogen) atoms. The molecule has 3 N–H and O–H groups in total. The van der Waals surface area contributed by atoms with E-state index < -0.39 is 11.7 Å². The lowest BCUT2D eigenvalue weighted by Gasteiger charge is -2.21. The molecule has 106 valence electrons. The summed E-state index contributed by atoms with van der Waals surface area (Å²) in [7, 11) is 0. The van der Waals surface area contributed by atoms with E-state index in [4.69, 9.17) is 4.74 Å². The Bertz CT molecular complexity index is 274. The van der Waals surface area contributed by atoms with E-state index in [0.717, 1.165) is 0 Å². The predicted molar refractivity (Wildman–Crippen MR) is 70.4 cm³/mol. The summed E-state index contributed by atoms with van der Waals surface area (Å²) in [5.41, 5.74) is -0.480. The summed E-state index contributed by atoms with van der Waals surface area (Å²) in [6, 6.07) is 0.117. The molecule has 0 radical (unpaired) electrons. The summed E-state index contributed by atoms with van der Waals surface area (Å²) in [5, 5.41) is 8.53. The summed E-state index contributed by atoms with van der Waals surface area (Å²) in [6.07, 6.45) is -0.419. The second-order valence-corrected chi connectivity index (χ2v) is 5.22. The Morgan fingerprint density at radius 2 is 1.78 bits per heavy atom. The number of hydrogen-bond acceptors (Lipinski definition) is 4. The first-order valence-corrected chi connectivity index (χ1v) is 6.15. The monoisotopic (exact) mass is 259 g/mol. The summed E-state index contributed by atoms with van der Waals surface area (Å²) in [6.45, 7) is 10.6. The van der Waals surface area contributed by atoms with Gasteiger partial charge in [-0.15, -0.1) is 0 Å². The van der Waals surface area contributed by atoms with Crippen molar-refractivity contribution in [1.82, 2.24) is 16.0 Å². The topological polar surface area (TPSA) is 79.5 Å². The van der Waals surface area contributed by atoms with Crippen molar-refractivity contribution in [3.63, 3.8) is 0 Å².